The lowest BCUT2D eigenvalue weighted by Gasteiger charge is -2.39. The second-order valence-corrected chi connectivity index (χ2v) is 5.40. The highest BCUT2D eigenvalue weighted by molar-refractivity contribution is 7.80. The van der Waals surface area contributed by atoms with E-state index in [1.54, 1.807) is 7.11 Å². The number of hydrogen-bond donors (Lipinski definition) is 1. The predicted molar refractivity (Wildman–Crippen MR) is 80.0 cm³/mol. The number of nitrogens with zero attached hydrogens (tertiary/aromatic N) is 2. The molecule has 106 valence electrons. The highest BCUT2D eigenvalue weighted by Gasteiger charge is 2.24. The van der Waals surface area contributed by atoms with Crippen LogP contribution in [0.1, 0.15) is 26.2 Å². The molecule has 5 heteroatoms. The third-order valence-corrected chi connectivity index (χ3v) is 3.83. The highest BCUT2D eigenvalue weighted by atomic mass is 32.1. The van der Waals surface area contributed by atoms with Gasteiger partial charge < -0.3 is 15.4 Å². The van der Waals surface area contributed by atoms with Crippen LogP contribution in [0.5, 0.6) is 0 Å². The summed E-state index contributed by atoms with van der Waals surface area (Å²) in [4.78, 5) is 5.60. The number of thiocarbonyl (C=S) groups is 1. The largest absolute Gasteiger partial charge is 0.392 e. The van der Waals surface area contributed by atoms with Crippen LogP contribution in [0.3, 0.4) is 0 Å². The first kappa shape index (κ1) is 15.8. The van der Waals surface area contributed by atoms with E-state index in [1.165, 1.54) is 0 Å². The SMILES string of the molecule is CCCC(C(N)=S)N1CCN(CCCOC)CC1. The Kier molecular flexibility index (Phi) is 7.74. The van der Waals surface area contributed by atoms with E-state index in [0.717, 1.165) is 58.6 Å². The van der Waals surface area contributed by atoms with Gasteiger partial charge in [-0.25, -0.2) is 0 Å². The van der Waals surface area contributed by atoms with Gasteiger partial charge in [-0.05, 0) is 12.8 Å². The summed E-state index contributed by atoms with van der Waals surface area (Å²) in [5, 5.41) is 0. The summed E-state index contributed by atoms with van der Waals surface area (Å²) in [6, 6.07) is 0.297. The number of methoxy groups -OCH3 is 1. The number of nitrogens with two attached hydrogens (primary N) is 1. The lowest BCUT2D eigenvalue weighted by atomic mass is 10.1. The zero-order valence-electron chi connectivity index (χ0n) is 11.7. The zero-order chi connectivity index (χ0) is 13.4. The van der Waals surface area contributed by atoms with Gasteiger partial charge in [-0.3, -0.25) is 4.90 Å². The smallest absolute Gasteiger partial charge is 0.0902 e. The quantitative estimate of drug-likeness (QED) is 0.530. The minimum Gasteiger partial charge on any atom is -0.392 e. The van der Waals surface area contributed by atoms with E-state index in [-0.39, 0.29) is 0 Å². The van der Waals surface area contributed by atoms with Gasteiger partial charge in [0, 0.05) is 46.4 Å². The average Bonchev–Trinajstić information content (AvgIpc) is 2.37. The molecule has 0 bridgehead atoms. The number of hydrogen-bond acceptors (Lipinski definition) is 4. The van der Waals surface area contributed by atoms with Crippen LogP contribution in [0.15, 0.2) is 0 Å². The van der Waals surface area contributed by atoms with Gasteiger partial charge in [0.15, 0.2) is 0 Å². The Hall–Kier alpha value is -0.230. The van der Waals surface area contributed by atoms with Gasteiger partial charge in [-0.1, -0.05) is 25.6 Å². The van der Waals surface area contributed by atoms with Gasteiger partial charge in [-0.15, -0.1) is 0 Å². The van der Waals surface area contributed by atoms with Crippen molar-refractivity contribution in [2.45, 2.75) is 32.2 Å². The molecule has 0 aliphatic carbocycles. The maximum absolute atomic E-state index is 5.85. The maximum Gasteiger partial charge on any atom is 0.0902 e. The van der Waals surface area contributed by atoms with Gasteiger partial charge in [0.1, 0.15) is 0 Å². The van der Waals surface area contributed by atoms with E-state index in [9.17, 15) is 0 Å². The Bertz CT molecular complexity index is 242. The molecule has 2 N–H and O–H groups in total. The van der Waals surface area contributed by atoms with Crippen molar-refractivity contribution in [3.63, 3.8) is 0 Å². The molecule has 1 saturated heterocycles. The fourth-order valence-electron chi connectivity index (χ4n) is 2.51. The zero-order valence-corrected chi connectivity index (χ0v) is 12.5. The Morgan fingerprint density at radius 3 is 2.50 bits per heavy atom. The summed E-state index contributed by atoms with van der Waals surface area (Å²) >= 11 is 5.18. The van der Waals surface area contributed by atoms with Crippen molar-refractivity contribution in [3.05, 3.63) is 0 Å². The van der Waals surface area contributed by atoms with Crippen molar-refractivity contribution in [1.82, 2.24) is 9.80 Å². The fraction of sp³-hybridized carbons (Fsp3) is 0.923. The summed E-state index contributed by atoms with van der Waals surface area (Å²) < 4.78 is 5.08. The molecule has 1 fully saturated rings. The second kappa shape index (κ2) is 8.80. The van der Waals surface area contributed by atoms with Crippen LogP contribution >= 0.6 is 12.2 Å². The van der Waals surface area contributed by atoms with Gasteiger partial charge in [0.2, 0.25) is 0 Å². The Morgan fingerprint density at radius 2 is 2.00 bits per heavy atom. The molecule has 0 aromatic heterocycles. The van der Waals surface area contributed by atoms with Crippen molar-refractivity contribution in [2.75, 3.05) is 46.4 Å². The number of piperazine rings is 1. The Morgan fingerprint density at radius 1 is 1.33 bits per heavy atom. The molecule has 1 aliphatic rings. The highest BCUT2D eigenvalue weighted by Crippen LogP contribution is 2.11. The normalized spacial score (nSPS) is 19.9. The van der Waals surface area contributed by atoms with Crippen molar-refractivity contribution in [1.29, 1.82) is 0 Å². The molecular formula is C13H27N3OS. The molecule has 0 radical (unpaired) electrons. The molecule has 4 nitrogen and oxygen atoms in total. The van der Waals surface area contributed by atoms with Crippen molar-refractivity contribution in [2.24, 2.45) is 5.73 Å². The molecular weight excluding hydrogens is 246 g/mol. The average molecular weight is 273 g/mol. The summed E-state index contributed by atoms with van der Waals surface area (Å²) in [6.07, 6.45) is 3.33. The van der Waals surface area contributed by atoms with E-state index in [2.05, 4.69) is 16.7 Å². The lowest BCUT2D eigenvalue weighted by molar-refractivity contribution is 0.103. The lowest BCUT2D eigenvalue weighted by Crippen LogP contribution is -2.53. The van der Waals surface area contributed by atoms with E-state index >= 15 is 0 Å². The van der Waals surface area contributed by atoms with E-state index < -0.39 is 0 Å². The van der Waals surface area contributed by atoms with E-state index in [4.69, 9.17) is 22.7 Å². The van der Waals surface area contributed by atoms with Crippen LogP contribution in [0, 0.1) is 0 Å². The summed E-state index contributed by atoms with van der Waals surface area (Å²) in [6.45, 7) is 8.56. The van der Waals surface area contributed by atoms with E-state index in [1.807, 2.05) is 0 Å². The minimum atomic E-state index is 0.297. The standard InChI is InChI=1S/C13H27N3OS/c1-3-5-12(13(14)18)16-9-7-15(8-10-16)6-4-11-17-2/h12H,3-11H2,1-2H3,(H2,14,18). The van der Waals surface area contributed by atoms with Crippen LogP contribution in [-0.2, 0) is 4.74 Å². The van der Waals surface area contributed by atoms with Gasteiger partial charge in [0.25, 0.3) is 0 Å². The maximum atomic E-state index is 5.85. The van der Waals surface area contributed by atoms with Crippen molar-refractivity contribution in [3.8, 4) is 0 Å². The first-order chi connectivity index (χ1) is 8.69. The van der Waals surface area contributed by atoms with Crippen LogP contribution in [0.2, 0.25) is 0 Å². The molecule has 0 aromatic rings. The monoisotopic (exact) mass is 273 g/mol. The minimum absolute atomic E-state index is 0.297. The number of rotatable bonds is 8. The third-order valence-electron chi connectivity index (χ3n) is 3.56. The second-order valence-electron chi connectivity index (χ2n) is 4.93. The van der Waals surface area contributed by atoms with Crippen molar-refractivity contribution >= 4 is 17.2 Å². The van der Waals surface area contributed by atoms with Crippen LogP contribution < -0.4 is 5.73 Å². The molecule has 0 spiro atoms. The molecule has 1 unspecified atom stereocenters. The van der Waals surface area contributed by atoms with E-state index in [0.29, 0.717) is 11.0 Å². The molecule has 18 heavy (non-hydrogen) atoms. The molecule has 1 rings (SSSR count). The Labute approximate surface area is 116 Å². The first-order valence-corrected chi connectivity index (χ1v) is 7.34. The fourth-order valence-corrected chi connectivity index (χ4v) is 2.78. The first-order valence-electron chi connectivity index (χ1n) is 6.93. The summed E-state index contributed by atoms with van der Waals surface area (Å²) in [7, 11) is 1.76. The third kappa shape index (κ3) is 5.18. The van der Waals surface area contributed by atoms with Gasteiger partial charge >= 0.3 is 0 Å². The molecule has 0 amide bonds. The van der Waals surface area contributed by atoms with Crippen molar-refractivity contribution < 1.29 is 4.74 Å². The van der Waals surface area contributed by atoms with Gasteiger partial charge in [-0.2, -0.15) is 0 Å². The van der Waals surface area contributed by atoms with Crippen LogP contribution in [-0.4, -0.2) is 67.3 Å². The summed E-state index contributed by atoms with van der Waals surface area (Å²) in [5.74, 6) is 0. The Balaban J connectivity index is 2.30. The topological polar surface area (TPSA) is 41.7 Å². The van der Waals surface area contributed by atoms with Crippen LogP contribution in [0.25, 0.3) is 0 Å². The molecule has 1 atom stereocenters. The molecule has 0 saturated carbocycles. The molecule has 1 aliphatic heterocycles. The molecule has 0 aromatic carbocycles. The molecule has 1 heterocycles. The summed E-state index contributed by atoms with van der Waals surface area (Å²) in [5.41, 5.74) is 5.85. The van der Waals surface area contributed by atoms with Crippen LogP contribution in [0.4, 0.5) is 0 Å². The number of ether oxygens (including phenoxy) is 1. The predicted octanol–water partition coefficient (Wildman–Crippen LogP) is 1.10. The van der Waals surface area contributed by atoms with Gasteiger partial charge in [0.05, 0.1) is 11.0 Å².